The monoisotopic (exact) mass is 146 g/mol. The number of fused-ring (bicyclic) bond motifs is 1. The van der Waals surface area contributed by atoms with Gasteiger partial charge in [-0.1, -0.05) is 0 Å². The summed E-state index contributed by atoms with van der Waals surface area (Å²) in [5, 5.41) is 0. The Morgan fingerprint density at radius 2 is 2.36 bits per heavy atom. The number of carbonyl (C=O) groups is 1. The van der Waals surface area contributed by atoms with Gasteiger partial charge in [-0.25, -0.2) is 4.98 Å². The lowest BCUT2D eigenvalue weighted by Crippen LogP contribution is -1.85. The third kappa shape index (κ3) is 0.902. The van der Waals surface area contributed by atoms with Crippen LogP contribution < -0.4 is 0 Å². The summed E-state index contributed by atoms with van der Waals surface area (Å²) in [7, 11) is 0. The van der Waals surface area contributed by atoms with E-state index in [0.717, 1.165) is 11.9 Å². The first kappa shape index (κ1) is 6.09. The molecule has 0 amide bonds. The molecule has 2 rings (SSSR count). The Balaban J connectivity index is 2.76. The highest BCUT2D eigenvalue weighted by Gasteiger charge is 1.93. The summed E-state index contributed by atoms with van der Waals surface area (Å²) in [4.78, 5) is 14.4. The van der Waals surface area contributed by atoms with E-state index in [1.165, 1.54) is 0 Å². The van der Waals surface area contributed by atoms with Gasteiger partial charge in [-0.15, -0.1) is 0 Å². The molecule has 0 fully saturated rings. The molecular weight excluding hydrogens is 140 g/mol. The molecule has 2 aromatic heterocycles. The van der Waals surface area contributed by atoms with Crippen LogP contribution >= 0.6 is 0 Å². The SMILES string of the molecule is O=Cc1ccn2ccnc2c1. The van der Waals surface area contributed by atoms with Crippen molar-refractivity contribution in [2.75, 3.05) is 0 Å². The van der Waals surface area contributed by atoms with Gasteiger partial charge in [-0.3, -0.25) is 4.79 Å². The van der Waals surface area contributed by atoms with Gasteiger partial charge >= 0.3 is 0 Å². The Bertz CT molecular complexity index is 392. The van der Waals surface area contributed by atoms with E-state index in [4.69, 9.17) is 0 Å². The fraction of sp³-hybridized carbons (Fsp3) is 0. The van der Waals surface area contributed by atoms with Gasteiger partial charge in [0.2, 0.25) is 0 Å². The lowest BCUT2D eigenvalue weighted by Gasteiger charge is -1.91. The molecule has 0 radical (unpaired) electrons. The highest BCUT2D eigenvalue weighted by molar-refractivity contribution is 5.76. The molecule has 0 bridgehead atoms. The fourth-order valence-electron chi connectivity index (χ4n) is 0.999. The quantitative estimate of drug-likeness (QED) is 0.565. The van der Waals surface area contributed by atoms with Crippen LogP contribution in [0.3, 0.4) is 0 Å². The van der Waals surface area contributed by atoms with E-state index in [1.54, 1.807) is 18.3 Å². The first-order chi connectivity index (χ1) is 5.40. The zero-order valence-electron chi connectivity index (χ0n) is 5.77. The topological polar surface area (TPSA) is 34.4 Å². The third-order valence-electron chi connectivity index (χ3n) is 1.56. The Kier molecular flexibility index (Phi) is 1.22. The highest BCUT2D eigenvalue weighted by atomic mass is 16.1. The van der Waals surface area contributed by atoms with Crippen molar-refractivity contribution in [3.05, 3.63) is 36.3 Å². The maximum Gasteiger partial charge on any atom is 0.150 e. The zero-order chi connectivity index (χ0) is 7.68. The molecule has 0 atom stereocenters. The van der Waals surface area contributed by atoms with Crippen LogP contribution in [-0.4, -0.2) is 15.7 Å². The number of hydrogen-bond donors (Lipinski definition) is 0. The Hall–Kier alpha value is -1.64. The van der Waals surface area contributed by atoms with Crippen LogP contribution in [0.1, 0.15) is 10.4 Å². The number of nitrogens with zero attached hydrogens (tertiary/aromatic N) is 2. The maximum absolute atomic E-state index is 10.3. The molecule has 0 saturated carbocycles. The molecule has 0 aliphatic heterocycles. The number of hydrogen-bond acceptors (Lipinski definition) is 2. The van der Waals surface area contributed by atoms with Crippen molar-refractivity contribution in [1.29, 1.82) is 0 Å². The number of rotatable bonds is 1. The lowest BCUT2D eigenvalue weighted by molar-refractivity contribution is 0.112. The van der Waals surface area contributed by atoms with Crippen LogP contribution in [0.5, 0.6) is 0 Å². The van der Waals surface area contributed by atoms with Crippen LogP contribution in [-0.2, 0) is 0 Å². The molecule has 2 heterocycles. The van der Waals surface area contributed by atoms with Crippen molar-refractivity contribution in [3.63, 3.8) is 0 Å². The third-order valence-corrected chi connectivity index (χ3v) is 1.56. The highest BCUT2D eigenvalue weighted by Crippen LogP contribution is 2.02. The Labute approximate surface area is 63.3 Å². The van der Waals surface area contributed by atoms with E-state index in [1.807, 2.05) is 16.8 Å². The lowest BCUT2D eigenvalue weighted by atomic mass is 10.3. The molecule has 0 spiro atoms. The largest absolute Gasteiger partial charge is 0.307 e. The average Bonchev–Trinajstić information content (AvgIpc) is 2.50. The molecule has 0 saturated heterocycles. The van der Waals surface area contributed by atoms with Gasteiger partial charge in [-0.05, 0) is 12.1 Å². The molecule has 3 nitrogen and oxygen atoms in total. The number of aromatic nitrogens is 2. The van der Waals surface area contributed by atoms with Crippen LogP contribution in [0, 0.1) is 0 Å². The summed E-state index contributed by atoms with van der Waals surface area (Å²) < 4.78 is 1.85. The normalized spacial score (nSPS) is 10.2. The standard InChI is InChI=1S/C8H6N2O/c11-6-7-1-3-10-4-2-9-8(10)5-7/h1-6H. The minimum atomic E-state index is 0.656. The predicted molar refractivity (Wildman–Crippen MR) is 40.6 cm³/mol. The molecule has 0 aliphatic carbocycles. The number of aldehydes is 1. The minimum Gasteiger partial charge on any atom is -0.307 e. The van der Waals surface area contributed by atoms with Gasteiger partial charge in [0.15, 0.2) is 0 Å². The van der Waals surface area contributed by atoms with Crippen molar-refractivity contribution < 1.29 is 4.79 Å². The fourth-order valence-corrected chi connectivity index (χ4v) is 0.999. The zero-order valence-corrected chi connectivity index (χ0v) is 5.77. The second-order valence-corrected chi connectivity index (χ2v) is 2.27. The molecule has 0 aromatic carbocycles. The van der Waals surface area contributed by atoms with Crippen molar-refractivity contribution in [1.82, 2.24) is 9.38 Å². The first-order valence-corrected chi connectivity index (χ1v) is 3.28. The first-order valence-electron chi connectivity index (χ1n) is 3.28. The molecule has 11 heavy (non-hydrogen) atoms. The molecule has 3 heteroatoms. The molecule has 0 aliphatic rings. The van der Waals surface area contributed by atoms with E-state index >= 15 is 0 Å². The second kappa shape index (κ2) is 2.20. The Morgan fingerprint density at radius 3 is 3.18 bits per heavy atom. The van der Waals surface area contributed by atoms with Crippen LogP contribution in [0.4, 0.5) is 0 Å². The second-order valence-electron chi connectivity index (χ2n) is 2.27. The molecule has 54 valence electrons. The number of carbonyl (C=O) groups excluding carboxylic acids is 1. The minimum absolute atomic E-state index is 0.656. The van der Waals surface area contributed by atoms with Crippen molar-refractivity contribution in [2.45, 2.75) is 0 Å². The summed E-state index contributed by atoms with van der Waals surface area (Å²) in [5.74, 6) is 0. The van der Waals surface area contributed by atoms with E-state index in [9.17, 15) is 4.79 Å². The summed E-state index contributed by atoms with van der Waals surface area (Å²) in [6.45, 7) is 0. The van der Waals surface area contributed by atoms with Gasteiger partial charge in [0.1, 0.15) is 11.9 Å². The summed E-state index contributed by atoms with van der Waals surface area (Å²) in [6.07, 6.45) is 6.16. The van der Waals surface area contributed by atoms with Crippen molar-refractivity contribution in [3.8, 4) is 0 Å². The van der Waals surface area contributed by atoms with E-state index in [0.29, 0.717) is 5.56 Å². The summed E-state index contributed by atoms with van der Waals surface area (Å²) in [6, 6.07) is 3.49. The molecule has 0 unspecified atom stereocenters. The van der Waals surface area contributed by atoms with Gasteiger partial charge in [0.25, 0.3) is 0 Å². The Morgan fingerprint density at radius 1 is 1.45 bits per heavy atom. The number of imidazole rings is 1. The predicted octanol–water partition coefficient (Wildman–Crippen LogP) is 1.15. The van der Waals surface area contributed by atoms with Crippen LogP contribution in [0.15, 0.2) is 30.7 Å². The van der Waals surface area contributed by atoms with Gasteiger partial charge < -0.3 is 4.40 Å². The number of pyridine rings is 1. The van der Waals surface area contributed by atoms with E-state index in [2.05, 4.69) is 4.98 Å². The van der Waals surface area contributed by atoms with Gasteiger partial charge in [-0.2, -0.15) is 0 Å². The smallest absolute Gasteiger partial charge is 0.150 e. The van der Waals surface area contributed by atoms with Gasteiger partial charge in [0.05, 0.1) is 0 Å². The van der Waals surface area contributed by atoms with Crippen LogP contribution in [0.2, 0.25) is 0 Å². The molecule has 2 aromatic rings. The summed E-state index contributed by atoms with van der Waals surface area (Å²) in [5.41, 5.74) is 1.46. The maximum atomic E-state index is 10.3. The van der Waals surface area contributed by atoms with Crippen molar-refractivity contribution in [2.24, 2.45) is 0 Å². The van der Waals surface area contributed by atoms with E-state index < -0.39 is 0 Å². The van der Waals surface area contributed by atoms with Gasteiger partial charge in [0, 0.05) is 24.2 Å². The van der Waals surface area contributed by atoms with E-state index in [-0.39, 0.29) is 0 Å². The van der Waals surface area contributed by atoms with Crippen molar-refractivity contribution >= 4 is 11.9 Å². The molecular formula is C8H6N2O. The van der Waals surface area contributed by atoms with Crippen LogP contribution in [0.25, 0.3) is 5.65 Å². The average molecular weight is 146 g/mol. The molecule has 0 N–H and O–H groups in total. The summed E-state index contributed by atoms with van der Waals surface area (Å²) >= 11 is 0.